The molecule has 1 aromatic carbocycles. The van der Waals surface area contributed by atoms with Crippen molar-refractivity contribution in [2.45, 2.75) is 19.4 Å². The van der Waals surface area contributed by atoms with Gasteiger partial charge in [-0.15, -0.1) is 0 Å². The van der Waals surface area contributed by atoms with Crippen molar-refractivity contribution in [3.05, 3.63) is 45.3 Å². The number of anilines is 1. The van der Waals surface area contributed by atoms with Gasteiger partial charge >= 0.3 is 0 Å². The second kappa shape index (κ2) is 5.70. The van der Waals surface area contributed by atoms with E-state index < -0.39 is 5.54 Å². The molecule has 2 aromatic rings. The third-order valence-corrected chi connectivity index (χ3v) is 4.85. The summed E-state index contributed by atoms with van der Waals surface area (Å²) in [5, 5.41) is 22.9. The van der Waals surface area contributed by atoms with Crippen LogP contribution in [-0.4, -0.2) is 21.6 Å². The number of benzene rings is 1. The normalized spacial score (nSPS) is 20.3. The molecule has 1 aromatic heterocycles. The van der Waals surface area contributed by atoms with Crippen molar-refractivity contribution in [2.24, 2.45) is 0 Å². The predicted octanol–water partition coefficient (Wildman–Crippen LogP) is 2.82. The molecule has 0 spiro atoms. The van der Waals surface area contributed by atoms with Gasteiger partial charge in [-0.1, -0.05) is 0 Å². The van der Waals surface area contributed by atoms with Gasteiger partial charge in [0.05, 0.1) is 11.1 Å². The Morgan fingerprint density at radius 3 is 2.96 bits per heavy atom. The SMILES string of the molecule is CC1=CC(C#N)=CNC1(C)C(=O)Nc1ccc2n[nH]c(I)c2c1. The lowest BCUT2D eigenvalue weighted by Crippen LogP contribution is -2.52. The monoisotopic (exact) mass is 419 g/mol. The second-order valence-corrected chi connectivity index (χ2v) is 6.61. The van der Waals surface area contributed by atoms with E-state index in [1.807, 2.05) is 25.1 Å². The Morgan fingerprint density at radius 2 is 2.26 bits per heavy atom. The third kappa shape index (κ3) is 2.70. The number of rotatable bonds is 2. The molecule has 1 atom stereocenters. The molecule has 7 heteroatoms. The number of hydrogen-bond donors (Lipinski definition) is 3. The van der Waals surface area contributed by atoms with Crippen LogP contribution < -0.4 is 10.6 Å². The van der Waals surface area contributed by atoms with Gasteiger partial charge in [0.15, 0.2) is 0 Å². The molecule has 0 aliphatic carbocycles. The fraction of sp³-hybridized carbons (Fsp3) is 0.188. The Morgan fingerprint density at radius 1 is 1.48 bits per heavy atom. The molecule has 0 saturated carbocycles. The van der Waals surface area contributed by atoms with E-state index in [1.165, 1.54) is 0 Å². The van der Waals surface area contributed by atoms with Crippen LogP contribution in [0.2, 0.25) is 0 Å². The average Bonchev–Trinajstić information content (AvgIpc) is 2.91. The highest BCUT2D eigenvalue weighted by Crippen LogP contribution is 2.26. The average molecular weight is 419 g/mol. The number of hydrogen-bond acceptors (Lipinski definition) is 4. The van der Waals surface area contributed by atoms with Crippen LogP contribution in [0.3, 0.4) is 0 Å². The number of carbonyl (C=O) groups excluding carboxylic acids is 1. The number of aromatic amines is 1. The highest BCUT2D eigenvalue weighted by atomic mass is 127. The Kier molecular flexibility index (Phi) is 3.85. The highest BCUT2D eigenvalue weighted by molar-refractivity contribution is 14.1. The van der Waals surface area contributed by atoms with Crippen LogP contribution in [0.15, 0.2) is 41.6 Å². The van der Waals surface area contributed by atoms with Gasteiger partial charge in [-0.05, 0) is 66.3 Å². The van der Waals surface area contributed by atoms with Crippen molar-refractivity contribution >= 4 is 45.1 Å². The van der Waals surface area contributed by atoms with Crippen LogP contribution in [0.4, 0.5) is 5.69 Å². The van der Waals surface area contributed by atoms with E-state index in [4.69, 9.17) is 5.26 Å². The van der Waals surface area contributed by atoms with E-state index in [1.54, 1.807) is 19.2 Å². The molecule has 23 heavy (non-hydrogen) atoms. The summed E-state index contributed by atoms with van der Waals surface area (Å²) >= 11 is 2.17. The summed E-state index contributed by atoms with van der Waals surface area (Å²) in [5.74, 6) is -0.183. The van der Waals surface area contributed by atoms with Gasteiger partial charge in [0.2, 0.25) is 0 Å². The second-order valence-electron chi connectivity index (χ2n) is 5.53. The van der Waals surface area contributed by atoms with E-state index in [0.29, 0.717) is 11.3 Å². The van der Waals surface area contributed by atoms with E-state index in [2.05, 4.69) is 49.5 Å². The number of carbonyl (C=O) groups is 1. The maximum absolute atomic E-state index is 12.7. The van der Waals surface area contributed by atoms with Crippen LogP contribution in [0.25, 0.3) is 10.9 Å². The molecule has 1 aliphatic rings. The molecular formula is C16H14IN5O. The molecule has 116 valence electrons. The number of H-pyrrole nitrogens is 1. The Balaban J connectivity index is 1.86. The van der Waals surface area contributed by atoms with Crippen molar-refractivity contribution in [2.75, 3.05) is 5.32 Å². The first-order valence-corrected chi connectivity index (χ1v) is 8.04. The summed E-state index contributed by atoms with van der Waals surface area (Å²) in [7, 11) is 0. The molecule has 3 rings (SSSR count). The number of halogens is 1. The van der Waals surface area contributed by atoms with Crippen molar-refractivity contribution < 1.29 is 4.79 Å². The van der Waals surface area contributed by atoms with Crippen LogP contribution >= 0.6 is 22.6 Å². The zero-order chi connectivity index (χ0) is 16.6. The largest absolute Gasteiger partial charge is 0.373 e. The van der Waals surface area contributed by atoms with Crippen LogP contribution in [0.1, 0.15) is 13.8 Å². The van der Waals surface area contributed by atoms with Crippen LogP contribution in [0.5, 0.6) is 0 Å². The molecule has 0 radical (unpaired) electrons. The minimum Gasteiger partial charge on any atom is -0.373 e. The predicted molar refractivity (Wildman–Crippen MR) is 96.4 cm³/mol. The number of nitriles is 1. The van der Waals surface area contributed by atoms with Crippen molar-refractivity contribution in [1.82, 2.24) is 15.5 Å². The van der Waals surface area contributed by atoms with Gasteiger partial charge in [-0.25, -0.2) is 0 Å². The quantitative estimate of drug-likeness (QED) is 0.653. The third-order valence-electron chi connectivity index (χ3n) is 4.03. The molecule has 0 bridgehead atoms. The molecule has 6 nitrogen and oxygen atoms in total. The minimum absolute atomic E-state index is 0.183. The summed E-state index contributed by atoms with van der Waals surface area (Å²) < 4.78 is 0.924. The fourth-order valence-corrected chi connectivity index (χ4v) is 2.93. The molecule has 1 unspecified atom stereocenters. The summed E-state index contributed by atoms with van der Waals surface area (Å²) in [6.07, 6.45) is 3.28. The fourth-order valence-electron chi connectivity index (χ4n) is 2.38. The zero-order valence-corrected chi connectivity index (χ0v) is 14.7. The van der Waals surface area contributed by atoms with Crippen molar-refractivity contribution in [1.29, 1.82) is 5.26 Å². The first-order valence-electron chi connectivity index (χ1n) is 6.96. The number of allylic oxidation sites excluding steroid dienone is 2. The lowest BCUT2D eigenvalue weighted by atomic mass is 9.88. The van der Waals surface area contributed by atoms with E-state index in [9.17, 15) is 4.79 Å². The summed E-state index contributed by atoms with van der Waals surface area (Å²) in [5.41, 5.74) is 1.95. The maximum Gasteiger partial charge on any atom is 0.254 e. The zero-order valence-electron chi connectivity index (χ0n) is 12.6. The standard InChI is InChI=1S/C16H14IN5O/c1-9-5-10(7-18)8-19-16(9,2)15(23)20-11-3-4-13-12(6-11)14(17)22-21-13/h3-6,8,19H,1-2H3,(H,20,23)(H,21,22). The first-order chi connectivity index (χ1) is 10.9. The topological polar surface area (TPSA) is 93.6 Å². The summed E-state index contributed by atoms with van der Waals surface area (Å²) in [4.78, 5) is 12.7. The first kappa shape index (κ1) is 15.6. The van der Waals surface area contributed by atoms with Gasteiger partial charge in [-0.3, -0.25) is 9.89 Å². The highest BCUT2D eigenvalue weighted by Gasteiger charge is 2.36. The van der Waals surface area contributed by atoms with Crippen molar-refractivity contribution in [3.63, 3.8) is 0 Å². The molecular weight excluding hydrogens is 405 g/mol. The summed E-state index contributed by atoms with van der Waals surface area (Å²) in [6.45, 7) is 3.62. The number of aromatic nitrogens is 2. The smallest absolute Gasteiger partial charge is 0.254 e. The molecule has 1 aliphatic heterocycles. The van der Waals surface area contributed by atoms with E-state index in [0.717, 1.165) is 20.2 Å². The molecule has 0 saturated heterocycles. The Hall–Kier alpha value is -2.34. The summed E-state index contributed by atoms with van der Waals surface area (Å²) in [6, 6.07) is 7.63. The van der Waals surface area contributed by atoms with Gasteiger partial charge in [-0.2, -0.15) is 10.4 Å². The Bertz CT molecular complexity index is 905. The minimum atomic E-state index is -0.890. The maximum atomic E-state index is 12.7. The molecule has 0 fully saturated rings. The molecule has 3 N–H and O–H groups in total. The number of fused-ring (bicyclic) bond motifs is 1. The molecule has 1 amide bonds. The number of dihydropyridines is 1. The number of nitrogens with zero attached hydrogens (tertiary/aromatic N) is 2. The van der Waals surface area contributed by atoms with Crippen LogP contribution in [-0.2, 0) is 4.79 Å². The number of nitrogens with one attached hydrogen (secondary N) is 3. The molecule has 2 heterocycles. The van der Waals surface area contributed by atoms with Gasteiger partial charge in [0.1, 0.15) is 15.3 Å². The lowest BCUT2D eigenvalue weighted by Gasteiger charge is -2.32. The van der Waals surface area contributed by atoms with Gasteiger partial charge < -0.3 is 10.6 Å². The van der Waals surface area contributed by atoms with E-state index >= 15 is 0 Å². The van der Waals surface area contributed by atoms with Crippen molar-refractivity contribution in [3.8, 4) is 6.07 Å². The Labute approximate surface area is 146 Å². The van der Waals surface area contributed by atoms with Gasteiger partial charge in [0.25, 0.3) is 5.91 Å². The van der Waals surface area contributed by atoms with E-state index in [-0.39, 0.29) is 5.91 Å². The van der Waals surface area contributed by atoms with Gasteiger partial charge in [0, 0.05) is 17.3 Å². The number of amides is 1. The van der Waals surface area contributed by atoms with Crippen LogP contribution in [0, 0.1) is 15.0 Å². The lowest BCUT2D eigenvalue weighted by molar-refractivity contribution is -0.120.